The lowest BCUT2D eigenvalue weighted by Crippen LogP contribution is -2.37. The van der Waals surface area contributed by atoms with Crippen LogP contribution in [0.15, 0.2) is 22.7 Å². The van der Waals surface area contributed by atoms with E-state index in [0.717, 1.165) is 6.54 Å². The van der Waals surface area contributed by atoms with Crippen LogP contribution in [0.5, 0.6) is 0 Å². The van der Waals surface area contributed by atoms with E-state index in [0.29, 0.717) is 17.1 Å². The number of nitrogens with one attached hydrogen (secondary N) is 1. The van der Waals surface area contributed by atoms with Crippen molar-refractivity contribution in [3.63, 3.8) is 0 Å². The molecule has 0 radical (unpaired) electrons. The van der Waals surface area contributed by atoms with Crippen LogP contribution in [-0.4, -0.2) is 37.0 Å². The van der Waals surface area contributed by atoms with Gasteiger partial charge in [0.05, 0.1) is 5.56 Å². The number of benzene rings is 1. The van der Waals surface area contributed by atoms with Crippen LogP contribution in [0.1, 0.15) is 36.0 Å². The molecule has 0 saturated heterocycles. The summed E-state index contributed by atoms with van der Waals surface area (Å²) >= 11 is 3.18. The highest BCUT2D eigenvalue weighted by Gasteiger charge is 2.19. The highest BCUT2D eigenvalue weighted by Crippen LogP contribution is 2.21. The van der Waals surface area contributed by atoms with Gasteiger partial charge in [-0.1, -0.05) is 28.8 Å². The lowest BCUT2D eigenvalue weighted by molar-refractivity contribution is 0.0943. The largest absolute Gasteiger partial charge is 0.351 e. The van der Waals surface area contributed by atoms with Gasteiger partial charge in [-0.25, -0.2) is 4.39 Å². The Hall–Kier alpha value is -0.940. The minimum Gasteiger partial charge on any atom is -0.351 e. The molecule has 1 amide bonds. The molecule has 0 atom stereocenters. The monoisotopic (exact) mass is 342 g/mol. The van der Waals surface area contributed by atoms with Crippen LogP contribution in [0.4, 0.5) is 4.39 Å². The first-order chi connectivity index (χ1) is 9.58. The van der Waals surface area contributed by atoms with Crippen molar-refractivity contribution < 1.29 is 9.18 Å². The van der Waals surface area contributed by atoms with Gasteiger partial charge in [-0.15, -0.1) is 0 Å². The molecular weight excluding hydrogens is 323 g/mol. The summed E-state index contributed by atoms with van der Waals surface area (Å²) in [4.78, 5) is 14.2. The zero-order valence-corrected chi connectivity index (χ0v) is 13.2. The van der Waals surface area contributed by atoms with Crippen molar-refractivity contribution in [2.45, 2.75) is 31.7 Å². The molecule has 2 rings (SSSR count). The van der Waals surface area contributed by atoms with E-state index < -0.39 is 5.82 Å². The summed E-state index contributed by atoms with van der Waals surface area (Å²) < 4.78 is 14.3. The van der Waals surface area contributed by atoms with E-state index in [9.17, 15) is 9.18 Å². The predicted octanol–water partition coefficient (Wildman–Crippen LogP) is 3.19. The Morgan fingerprint density at radius 1 is 1.45 bits per heavy atom. The zero-order valence-electron chi connectivity index (χ0n) is 11.7. The lowest BCUT2D eigenvalue weighted by atomic mass is 10.2. The van der Waals surface area contributed by atoms with Crippen LogP contribution >= 0.6 is 15.9 Å². The van der Waals surface area contributed by atoms with Crippen molar-refractivity contribution in [2.24, 2.45) is 0 Å². The molecule has 0 aliphatic heterocycles. The Balaban J connectivity index is 1.80. The maximum Gasteiger partial charge on any atom is 0.254 e. The van der Waals surface area contributed by atoms with Gasteiger partial charge in [0, 0.05) is 23.6 Å². The predicted molar refractivity (Wildman–Crippen MR) is 81.3 cm³/mol. The van der Waals surface area contributed by atoms with Gasteiger partial charge in [0.15, 0.2) is 0 Å². The van der Waals surface area contributed by atoms with Gasteiger partial charge >= 0.3 is 0 Å². The van der Waals surface area contributed by atoms with E-state index in [4.69, 9.17) is 0 Å². The molecule has 1 aromatic carbocycles. The van der Waals surface area contributed by atoms with Gasteiger partial charge in [0.25, 0.3) is 5.91 Å². The molecular formula is C15H20BrFN2O. The van der Waals surface area contributed by atoms with Crippen LogP contribution < -0.4 is 5.32 Å². The second-order valence-electron chi connectivity index (χ2n) is 5.30. The zero-order chi connectivity index (χ0) is 14.5. The maximum absolute atomic E-state index is 13.6. The molecule has 0 aromatic heterocycles. The Morgan fingerprint density at radius 3 is 2.80 bits per heavy atom. The van der Waals surface area contributed by atoms with Crippen LogP contribution in [0.3, 0.4) is 0 Å². The summed E-state index contributed by atoms with van der Waals surface area (Å²) in [5.74, 6) is -0.851. The molecule has 1 saturated carbocycles. The molecule has 0 spiro atoms. The summed E-state index contributed by atoms with van der Waals surface area (Å²) in [7, 11) is 2.09. The number of carbonyl (C=O) groups is 1. The van der Waals surface area contributed by atoms with Crippen LogP contribution in [0.2, 0.25) is 0 Å². The van der Waals surface area contributed by atoms with E-state index in [1.165, 1.54) is 37.8 Å². The van der Waals surface area contributed by atoms with Gasteiger partial charge in [-0.2, -0.15) is 0 Å². The molecule has 1 N–H and O–H groups in total. The van der Waals surface area contributed by atoms with Crippen molar-refractivity contribution in [1.29, 1.82) is 0 Å². The fourth-order valence-corrected chi connectivity index (χ4v) is 2.98. The number of rotatable bonds is 5. The second kappa shape index (κ2) is 7.18. The highest BCUT2D eigenvalue weighted by atomic mass is 79.9. The number of hydrogen-bond acceptors (Lipinski definition) is 2. The Morgan fingerprint density at radius 2 is 2.15 bits per heavy atom. The number of carbonyl (C=O) groups excluding carboxylic acids is 1. The van der Waals surface area contributed by atoms with E-state index in [1.54, 1.807) is 6.07 Å². The average Bonchev–Trinajstić information content (AvgIpc) is 2.92. The number of hydrogen-bond donors (Lipinski definition) is 1. The molecule has 1 aliphatic carbocycles. The third-order valence-electron chi connectivity index (χ3n) is 3.87. The van der Waals surface area contributed by atoms with E-state index in [2.05, 4.69) is 33.2 Å². The first-order valence-corrected chi connectivity index (χ1v) is 7.80. The fourth-order valence-electron chi connectivity index (χ4n) is 2.64. The van der Waals surface area contributed by atoms with Crippen molar-refractivity contribution in [3.05, 3.63) is 34.1 Å². The molecule has 5 heteroatoms. The SMILES string of the molecule is CN(CCNC(=O)c1ccc(Br)cc1F)C1CCCC1. The number of nitrogens with zero attached hydrogens (tertiary/aromatic N) is 1. The third kappa shape index (κ3) is 4.03. The second-order valence-corrected chi connectivity index (χ2v) is 6.21. The summed E-state index contributed by atoms with van der Waals surface area (Å²) in [6, 6.07) is 5.11. The van der Waals surface area contributed by atoms with Crippen molar-refractivity contribution in [2.75, 3.05) is 20.1 Å². The van der Waals surface area contributed by atoms with Crippen LogP contribution in [-0.2, 0) is 0 Å². The first kappa shape index (κ1) is 15.4. The van der Waals surface area contributed by atoms with Crippen molar-refractivity contribution >= 4 is 21.8 Å². The smallest absolute Gasteiger partial charge is 0.254 e. The molecule has 0 heterocycles. The normalized spacial score (nSPS) is 15.8. The quantitative estimate of drug-likeness (QED) is 0.891. The summed E-state index contributed by atoms with van der Waals surface area (Å²) in [6.45, 7) is 1.34. The molecule has 1 fully saturated rings. The Kier molecular flexibility index (Phi) is 5.54. The van der Waals surface area contributed by atoms with Gasteiger partial charge in [-0.05, 0) is 38.1 Å². The summed E-state index contributed by atoms with van der Waals surface area (Å²) in [5.41, 5.74) is 0.0942. The number of likely N-dealkylation sites (N-methyl/N-ethyl adjacent to an activating group) is 1. The van der Waals surface area contributed by atoms with E-state index in [-0.39, 0.29) is 11.5 Å². The molecule has 0 unspecified atom stereocenters. The Labute approximate surface area is 127 Å². The molecule has 3 nitrogen and oxygen atoms in total. The minimum atomic E-state index is -0.499. The molecule has 1 aliphatic rings. The fraction of sp³-hybridized carbons (Fsp3) is 0.533. The lowest BCUT2D eigenvalue weighted by Gasteiger charge is -2.23. The molecule has 1 aromatic rings. The van der Waals surface area contributed by atoms with Crippen LogP contribution in [0.25, 0.3) is 0 Å². The third-order valence-corrected chi connectivity index (χ3v) is 4.37. The molecule has 110 valence electrons. The Bertz CT molecular complexity index is 475. The van der Waals surface area contributed by atoms with Crippen LogP contribution in [0, 0.1) is 5.82 Å². The average molecular weight is 343 g/mol. The summed E-state index contributed by atoms with van der Waals surface area (Å²) in [6.07, 6.45) is 5.08. The van der Waals surface area contributed by atoms with Gasteiger partial charge in [0.2, 0.25) is 0 Å². The van der Waals surface area contributed by atoms with E-state index in [1.807, 2.05) is 0 Å². The van der Waals surface area contributed by atoms with Gasteiger partial charge in [-0.3, -0.25) is 4.79 Å². The number of halogens is 2. The standard InChI is InChI=1S/C15H20BrFN2O/c1-19(12-4-2-3-5-12)9-8-18-15(20)13-7-6-11(16)10-14(13)17/h6-7,10,12H,2-5,8-9H2,1H3,(H,18,20). The van der Waals surface area contributed by atoms with Crippen molar-refractivity contribution in [1.82, 2.24) is 10.2 Å². The topological polar surface area (TPSA) is 32.3 Å². The highest BCUT2D eigenvalue weighted by molar-refractivity contribution is 9.10. The minimum absolute atomic E-state index is 0.0942. The van der Waals surface area contributed by atoms with Gasteiger partial charge < -0.3 is 10.2 Å². The number of amides is 1. The molecule has 20 heavy (non-hydrogen) atoms. The summed E-state index contributed by atoms with van der Waals surface area (Å²) in [5, 5.41) is 2.78. The first-order valence-electron chi connectivity index (χ1n) is 7.01. The maximum atomic E-state index is 13.6. The van der Waals surface area contributed by atoms with Crippen molar-refractivity contribution in [3.8, 4) is 0 Å². The van der Waals surface area contributed by atoms with E-state index >= 15 is 0 Å². The molecule has 0 bridgehead atoms. The van der Waals surface area contributed by atoms with Gasteiger partial charge in [0.1, 0.15) is 5.82 Å².